The summed E-state index contributed by atoms with van der Waals surface area (Å²) in [6.45, 7) is 9.08. The number of amides is 1. The molecule has 0 unspecified atom stereocenters. The van der Waals surface area contributed by atoms with Gasteiger partial charge in [0.2, 0.25) is 5.91 Å². The summed E-state index contributed by atoms with van der Waals surface area (Å²) in [5.41, 5.74) is 11.6. The van der Waals surface area contributed by atoms with Gasteiger partial charge in [-0.2, -0.15) is 0 Å². The molecule has 0 saturated carbocycles. The van der Waals surface area contributed by atoms with Crippen molar-refractivity contribution in [2.45, 2.75) is 65.2 Å². The van der Waals surface area contributed by atoms with E-state index in [1.54, 1.807) is 0 Å². The number of nitrogens with one attached hydrogen (secondary N) is 1. The Morgan fingerprint density at radius 1 is 1.13 bits per heavy atom. The van der Waals surface area contributed by atoms with Crippen molar-refractivity contribution in [1.82, 2.24) is 0 Å². The second-order valence-corrected chi connectivity index (χ2v) is 6.43. The largest absolute Gasteiger partial charge is 0.326 e. The summed E-state index contributed by atoms with van der Waals surface area (Å²) in [5.74, 6) is 0.796. The van der Waals surface area contributed by atoms with Crippen molar-refractivity contribution >= 4 is 11.6 Å². The van der Waals surface area contributed by atoms with Crippen LogP contribution in [0.1, 0.15) is 76.3 Å². The van der Waals surface area contributed by atoms with Gasteiger partial charge >= 0.3 is 0 Å². The number of carbonyl (C=O) groups excluding carboxylic acids is 1. The van der Waals surface area contributed by atoms with Crippen LogP contribution in [0.15, 0.2) is 23.3 Å². The third-order valence-corrected chi connectivity index (χ3v) is 3.86. The fourth-order valence-electron chi connectivity index (χ4n) is 2.59. The predicted molar refractivity (Wildman–Crippen MR) is 95.7 cm³/mol. The monoisotopic (exact) mass is 316 g/mol. The summed E-state index contributed by atoms with van der Waals surface area (Å²) in [5, 5.41) is 6.62. The zero-order valence-corrected chi connectivity index (χ0v) is 14.7. The molecule has 5 heteroatoms. The maximum atomic E-state index is 12.3. The van der Waals surface area contributed by atoms with Crippen LogP contribution in [0.2, 0.25) is 0 Å². The molecule has 0 spiro atoms. The van der Waals surface area contributed by atoms with E-state index in [1.807, 2.05) is 0 Å². The second-order valence-electron chi connectivity index (χ2n) is 6.43. The normalized spacial score (nSPS) is 10.7. The van der Waals surface area contributed by atoms with Crippen LogP contribution in [0.25, 0.3) is 10.4 Å². The summed E-state index contributed by atoms with van der Waals surface area (Å²) in [4.78, 5) is 15.0. The Bertz CT molecular complexity index is 534. The average molecular weight is 316 g/mol. The Hall–Kier alpha value is -2.00. The molecule has 0 saturated heterocycles. The quantitative estimate of drug-likeness (QED) is 0.268. The maximum absolute atomic E-state index is 12.3. The standard InChI is InChI=1S/C18H28N4O/c1-13(2)15-9-8-10-16(14(3)4)18(15)21-17(23)11-6-5-7-12-20-22-19/h8-10,13-14H,5-7,11-12H2,1-4H3,(H,21,23). The minimum atomic E-state index is 0.0591. The number of anilines is 1. The van der Waals surface area contributed by atoms with Crippen molar-refractivity contribution < 1.29 is 4.79 Å². The minimum absolute atomic E-state index is 0.0591. The Morgan fingerprint density at radius 2 is 1.74 bits per heavy atom. The summed E-state index contributed by atoms with van der Waals surface area (Å²) in [7, 11) is 0. The molecular weight excluding hydrogens is 288 g/mol. The highest BCUT2D eigenvalue weighted by Crippen LogP contribution is 2.32. The topological polar surface area (TPSA) is 77.9 Å². The van der Waals surface area contributed by atoms with Crippen molar-refractivity contribution in [1.29, 1.82) is 0 Å². The van der Waals surface area contributed by atoms with Gasteiger partial charge in [0, 0.05) is 23.6 Å². The van der Waals surface area contributed by atoms with Gasteiger partial charge < -0.3 is 5.32 Å². The first-order valence-electron chi connectivity index (χ1n) is 8.40. The van der Waals surface area contributed by atoms with Crippen LogP contribution >= 0.6 is 0 Å². The number of hydrogen-bond acceptors (Lipinski definition) is 2. The van der Waals surface area contributed by atoms with Crippen molar-refractivity contribution in [3.63, 3.8) is 0 Å². The van der Waals surface area contributed by atoms with Crippen molar-refractivity contribution in [3.8, 4) is 0 Å². The zero-order valence-electron chi connectivity index (χ0n) is 14.7. The van der Waals surface area contributed by atoms with E-state index in [2.05, 4.69) is 61.2 Å². The number of para-hydroxylation sites is 1. The van der Waals surface area contributed by atoms with E-state index >= 15 is 0 Å². The van der Waals surface area contributed by atoms with Crippen LogP contribution in [0.5, 0.6) is 0 Å². The molecule has 126 valence electrons. The highest BCUT2D eigenvalue weighted by atomic mass is 16.1. The molecule has 0 heterocycles. The molecule has 1 rings (SSSR count). The molecule has 0 aliphatic rings. The van der Waals surface area contributed by atoms with Crippen LogP contribution in [-0.2, 0) is 4.79 Å². The first kappa shape index (κ1) is 19.0. The Labute approximate surface area is 139 Å². The van der Waals surface area contributed by atoms with E-state index in [9.17, 15) is 4.79 Å². The first-order chi connectivity index (χ1) is 11.0. The van der Waals surface area contributed by atoms with Gasteiger partial charge in [-0.1, -0.05) is 57.4 Å². The number of benzene rings is 1. The molecule has 0 atom stereocenters. The van der Waals surface area contributed by atoms with Gasteiger partial charge in [-0.15, -0.1) is 0 Å². The van der Waals surface area contributed by atoms with Gasteiger partial charge in [0.05, 0.1) is 0 Å². The predicted octanol–water partition coefficient (Wildman–Crippen LogP) is 5.74. The highest BCUT2D eigenvalue weighted by molar-refractivity contribution is 5.92. The number of nitrogens with zero attached hydrogens (tertiary/aromatic N) is 3. The Balaban J connectivity index is 2.67. The highest BCUT2D eigenvalue weighted by Gasteiger charge is 2.15. The van der Waals surface area contributed by atoms with E-state index in [1.165, 1.54) is 11.1 Å². The van der Waals surface area contributed by atoms with E-state index in [0.29, 0.717) is 24.8 Å². The van der Waals surface area contributed by atoms with Crippen LogP contribution in [-0.4, -0.2) is 12.5 Å². The molecule has 5 nitrogen and oxygen atoms in total. The van der Waals surface area contributed by atoms with Crippen molar-refractivity contribution in [2.24, 2.45) is 5.11 Å². The SMILES string of the molecule is CC(C)c1cccc(C(C)C)c1NC(=O)CCCCCN=[N+]=[N-]. The van der Waals surface area contributed by atoms with Crippen LogP contribution < -0.4 is 5.32 Å². The van der Waals surface area contributed by atoms with E-state index in [4.69, 9.17) is 5.53 Å². The third-order valence-electron chi connectivity index (χ3n) is 3.86. The summed E-state index contributed by atoms with van der Waals surface area (Å²) in [6, 6.07) is 6.24. The lowest BCUT2D eigenvalue weighted by Crippen LogP contribution is -2.15. The molecule has 0 aromatic heterocycles. The Morgan fingerprint density at radius 3 is 2.26 bits per heavy atom. The van der Waals surface area contributed by atoms with E-state index in [0.717, 1.165) is 24.9 Å². The molecule has 0 aliphatic heterocycles. The number of azide groups is 1. The summed E-state index contributed by atoms with van der Waals surface area (Å²) in [6.07, 6.45) is 3.04. The van der Waals surface area contributed by atoms with Crippen molar-refractivity contribution in [2.75, 3.05) is 11.9 Å². The lowest BCUT2D eigenvalue weighted by atomic mass is 9.92. The molecule has 1 aromatic carbocycles. The molecule has 0 aliphatic carbocycles. The second kappa shape index (κ2) is 9.90. The fourth-order valence-corrected chi connectivity index (χ4v) is 2.59. The van der Waals surface area contributed by atoms with Gasteiger partial charge in [0.1, 0.15) is 0 Å². The summed E-state index contributed by atoms with van der Waals surface area (Å²) < 4.78 is 0. The van der Waals surface area contributed by atoms with Gasteiger partial charge in [0.25, 0.3) is 0 Å². The molecule has 1 amide bonds. The first-order valence-corrected chi connectivity index (χ1v) is 8.40. The Kier molecular flexibility index (Phi) is 8.20. The van der Waals surface area contributed by atoms with E-state index < -0.39 is 0 Å². The molecular formula is C18H28N4O. The fraction of sp³-hybridized carbons (Fsp3) is 0.611. The maximum Gasteiger partial charge on any atom is 0.224 e. The molecule has 23 heavy (non-hydrogen) atoms. The number of carbonyl (C=O) groups is 1. The number of hydrogen-bond donors (Lipinski definition) is 1. The van der Waals surface area contributed by atoms with Crippen LogP contribution in [0, 0.1) is 0 Å². The van der Waals surface area contributed by atoms with Crippen LogP contribution in [0.3, 0.4) is 0 Å². The molecule has 0 fully saturated rings. The number of unbranched alkanes of at least 4 members (excludes halogenated alkanes) is 2. The van der Waals surface area contributed by atoms with Gasteiger partial charge in [-0.3, -0.25) is 4.79 Å². The minimum Gasteiger partial charge on any atom is -0.326 e. The van der Waals surface area contributed by atoms with Crippen molar-refractivity contribution in [3.05, 3.63) is 39.8 Å². The average Bonchev–Trinajstić information content (AvgIpc) is 2.50. The lowest BCUT2D eigenvalue weighted by Gasteiger charge is -2.20. The third kappa shape index (κ3) is 6.33. The van der Waals surface area contributed by atoms with Gasteiger partial charge in [0.15, 0.2) is 0 Å². The zero-order chi connectivity index (χ0) is 17.2. The number of rotatable bonds is 9. The summed E-state index contributed by atoms with van der Waals surface area (Å²) >= 11 is 0. The molecule has 1 N–H and O–H groups in total. The lowest BCUT2D eigenvalue weighted by molar-refractivity contribution is -0.116. The molecule has 1 aromatic rings. The van der Waals surface area contributed by atoms with Gasteiger partial charge in [-0.05, 0) is 41.3 Å². The molecule has 0 bridgehead atoms. The molecule has 0 radical (unpaired) electrons. The van der Waals surface area contributed by atoms with E-state index in [-0.39, 0.29) is 5.91 Å². The smallest absolute Gasteiger partial charge is 0.224 e. The van der Waals surface area contributed by atoms with Crippen LogP contribution in [0.4, 0.5) is 5.69 Å². The van der Waals surface area contributed by atoms with Gasteiger partial charge in [-0.25, -0.2) is 0 Å².